The molecular weight excluding hydrogens is 230 g/mol. The summed E-state index contributed by atoms with van der Waals surface area (Å²) in [6.07, 6.45) is 0.867. The summed E-state index contributed by atoms with van der Waals surface area (Å²) in [5.74, 6) is 0.274. The van der Waals surface area contributed by atoms with E-state index in [0.29, 0.717) is 13.1 Å². The molecule has 0 spiro atoms. The van der Waals surface area contributed by atoms with Gasteiger partial charge in [0.25, 0.3) is 5.91 Å². The zero-order valence-electron chi connectivity index (χ0n) is 9.80. The molecule has 92 valence electrons. The molecule has 1 amide bonds. The van der Waals surface area contributed by atoms with Crippen LogP contribution in [0.25, 0.3) is 0 Å². The Morgan fingerprint density at radius 2 is 2.11 bits per heavy atom. The Kier molecular flexibility index (Phi) is 2.51. The normalized spacial score (nSPS) is 14.3. The van der Waals surface area contributed by atoms with E-state index in [1.165, 1.54) is 17.2 Å². The molecule has 3 rings (SSSR count). The van der Waals surface area contributed by atoms with Crippen molar-refractivity contribution in [1.29, 1.82) is 0 Å². The summed E-state index contributed by atoms with van der Waals surface area (Å²) in [5.41, 5.74) is 7.94. The number of fused-ring (bicyclic) bond motifs is 1. The number of anilines is 1. The second-order valence-corrected chi connectivity index (χ2v) is 4.36. The fourth-order valence-corrected chi connectivity index (χ4v) is 2.21. The summed E-state index contributed by atoms with van der Waals surface area (Å²) in [6.45, 7) is 1.30. The van der Waals surface area contributed by atoms with Gasteiger partial charge in [-0.05, 0) is 17.5 Å². The smallest absolute Gasteiger partial charge is 0.292 e. The average Bonchev–Trinajstić information content (AvgIpc) is 2.84. The number of benzene rings is 1. The van der Waals surface area contributed by atoms with Gasteiger partial charge >= 0.3 is 0 Å². The van der Waals surface area contributed by atoms with Crippen LogP contribution in [0, 0.1) is 0 Å². The van der Waals surface area contributed by atoms with Crippen LogP contribution >= 0.6 is 0 Å². The molecule has 2 N–H and O–H groups in total. The van der Waals surface area contributed by atoms with Crippen molar-refractivity contribution >= 4 is 11.7 Å². The van der Waals surface area contributed by atoms with Crippen LogP contribution in [0.3, 0.4) is 0 Å². The number of rotatable bonds is 1. The Hall–Kier alpha value is -2.30. The second kappa shape index (κ2) is 4.18. The van der Waals surface area contributed by atoms with Crippen molar-refractivity contribution in [2.75, 3.05) is 12.3 Å². The molecule has 1 aliphatic heterocycles. The molecule has 0 saturated heterocycles. The highest BCUT2D eigenvalue weighted by Gasteiger charge is 2.24. The van der Waals surface area contributed by atoms with Crippen LogP contribution in [-0.2, 0) is 13.0 Å². The first-order valence-corrected chi connectivity index (χ1v) is 5.82. The quantitative estimate of drug-likeness (QED) is 0.822. The van der Waals surface area contributed by atoms with Gasteiger partial charge in [-0.1, -0.05) is 29.4 Å². The summed E-state index contributed by atoms with van der Waals surface area (Å²) in [7, 11) is 0. The molecule has 5 heteroatoms. The molecule has 1 aromatic heterocycles. The minimum absolute atomic E-state index is 0.159. The molecule has 5 nitrogen and oxygen atoms in total. The Morgan fingerprint density at radius 1 is 1.33 bits per heavy atom. The number of aromatic nitrogens is 1. The van der Waals surface area contributed by atoms with Gasteiger partial charge in [0.2, 0.25) is 5.76 Å². The van der Waals surface area contributed by atoms with Crippen molar-refractivity contribution in [2.24, 2.45) is 0 Å². The predicted molar refractivity (Wildman–Crippen MR) is 65.8 cm³/mol. The van der Waals surface area contributed by atoms with Gasteiger partial charge in [-0.2, -0.15) is 0 Å². The van der Waals surface area contributed by atoms with E-state index in [4.69, 9.17) is 10.3 Å². The van der Waals surface area contributed by atoms with Gasteiger partial charge in [0.05, 0.1) is 0 Å². The molecule has 0 unspecified atom stereocenters. The van der Waals surface area contributed by atoms with Gasteiger partial charge in [-0.15, -0.1) is 0 Å². The maximum atomic E-state index is 12.2. The van der Waals surface area contributed by atoms with Gasteiger partial charge in [-0.3, -0.25) is 4.79 Å². The number of carbonyl (C=O) groups is 1. The van der Waals surface area contributed by atoms with E-state index in [1.807, 2.05) is 18.2 Å². The number of hydrogen-bond donors (Lipinski definition) is 1. The van der Waals surface area contributed by atoms with Crippen molar-refractivity contribution in [2.45, 2.75) is 13.0 Å². The van der Waals surface area contributed by atoms with Gasteiger partial charge in [0.15, 0.2) is 5.82 Å². The molecule has 0 atom stereocenters. The van der Waals surface area contributed by atoms with Crippen molar-refractivity contribution in [3.8, 4) is 0 Å². The zero-order valence-corrected chi connectivity index (χ0v) is 9.80. The van der Waals surface area contributed by atoms with E-state index in [-0.39, 0.29) is 17.5 Å². The average molecular weight is 243 g/mol. The minimum Gasteiger partial charge on any atom is -0.381 e. The van der Waals surface area contributed by atoms with E-state index < -0.39 is 0 Å². The number of hydrogen-bond acceptors (Lipinski definition) is 4. The Morgan fingerprint density at radius 3 is 2.83 bits per heavy atom. The summed E-state index contributed by atoms with van der Waals surface area (Å²) in [5, 5.41) is 3.53. The summed E-state index contributed by atoms with van der Waals surface area (Å²) in [4.78, 5) is 13.9. The lowest BCUT2D eigenvalue weighted by molar-refractivity contribution is 0.0692. The molecule has 2 aromatic rings. The number of nitrogen functional groups attached to an aromatic ring is 1. The molecule has 2 heterocycles. The fourth-order valence-electron chi connectivity index (χ4n) is 2.21. The van der Waals surface area contributed by atoms with Crippen molar-refractivity contribution in [3.05, 3.63) is 47.2 Å². The lowest BCUT2D eigenvalue weighted by atomic mass is 10.00. The highest BCUT2D eigenvalue weighted by molar-refractivity contribution is 5.92. The van der Waals surface area contributed by atoms with E-state index >= 15 is 0 Å². The fraction of sp³-hybridized carbons (Fsp3) is 0.231. The standard InChI is InChI=1S/C13H13N3O2/c14-12-7-11(18-15-12)13(17)16-6-5-9-3-1-2-4-10(9)8-16/h1-4,7H,5-6,8H2,(H2,14,15). The molecule has 1 aromatic carbocycles. The minimum atomic E-state index is -0.159. The van der Waals surface area contributed by atoms with Gasteiger partial charge < -0.3 is 15.2 Å². The summed E-state index contributed by atoms with van der Waals surface area (Å²) < 4.78 is 4.90. The molecule has 0 fully saturated rings. The van der Waals surface area contributed by atoms with Crippen molar-refractivity contribution in [1.82, 2.24) is 10.1 Å². The first-order chi connectivity index (χ1) is 8.74. The first-order valence-electron chi connectivity index (χ1n) is 5.82. The molecule has 18 heavy (non-hydrogen) atoms. The molecular formula is C13H13N3O2. The van der Waals surface area contributed by atoms with Crippen LogP contribution in [0.15, 0.2) is 34.9 Å². The summed E-state index contributed by atoms with van der Waals surface area (Å²) >= 11 is 0. The number of nitrogens with zero attached hydrogens (tertiary/aromatic N) is 2. The second-order valence-electron chi connectivity index (χ2n) is 4.36. The summed E-state index contributed by atoms with van der Waals surface area (Å²) in [6, 6.07) is 9.61. The predicted octanol–water partition coefficient (Wildman–Crippen LogP) is 1.46. The number of nitrogens with two attached hydrogens (primary N) is 1. The van der Waals surface area contributed by atoms with Crippen LogP contribution < -0.4 is 5.73 Å². The van der Waals surface area contributed by atoms with Crippen LogP contribution in [0.4, 0.5) is 5.82 Å². The lowest BCUT2D eigenvalue weighted by Gasteiger charge is -2.27. The van der Waals surface area contributed by atoms with Crippen LogP contribution in [0.2, 0.25) is 0 Å². The molecule has 0 bridgehead atoms. The third-order valence-corrected chi connectivity index (χ3v) is 3.16. The third-order valence-electron chi connectivity index (χ3n) is 3.16. The molecule has 0 aliphatic carbocycles. The van der Waals surface area contributed by atoms with E-state index in [0.717, 1.165) is 6.42 Å². The van der Waals surface area contributed by atoms with E-state index in [9.17, 15) is 4.79 Å². The number of carbonyl (C=O) groups excluding carboxylic acids is 1. The third kappa shape index (κ3) is 1.84. The van der Waals surface area contributed by atoms with Gasteiger partial charge in [0.1, 0.15) is 0 Å². The molecule has 1 aliphatic rings. The van der Waals surface area contributed by atoms with Crippen LogP contribution in [0.1, 0.15) is 21.7 Å². The SMILES string of the molecule is Nc1cc(C(=O)N2CCc3ccccc3C2)on1. The van der Waals surface area contributed by atoms with Crippen molar-refractivity contribution in [3.63, 3.8) is 0 Å². The monoisotopic (exact) mass is 243 g/mol. The Balaban J connectivity index is 1.82. The maximum Gasteiger partial charge on any atom is 0.292 e. The molecule has 0 saturated carbocycles. The highest BCUT2D eigenvalue weighted by atomic mass is 16.5. The highest BCUT2D eigenvalue weighted by Crippen LogP contribution is 2.20. The maximum absolute atomic E-state index is 12.2. The molecule has 0 radical (unpaired) electrons. The van der Waals surface area contributed by atoms with Crippen LogP contribution in [0.5, 0.6) is 0 Å². The first kappa shape index (κ1) is 10.8. The lowest BCUT2D eigenvalue weighted by Crippen LogP contribution is -2.35. The van der Waals surface area contributed by atoms with Crippen molar-refractivity contribution < 1.29 is 9.32 Å². The number of amides is 1. The van der Waals surface area contributed by atoms with E-state index in [1.54, 1.807) is 4.90 Å². The van der Waals surface area contributed by atoms with E-state index in [2.05, 4.69) is 11.2 Å². The largest absolute Gasteiger partial charge is 0.381 e. The Labute approximate surface area is 104 Å². The zero-order chi connectivity index (χ0) is 12.5. The van der Waals surface area contributed by atoms with Gasteiger partial charge in [0, 0.05) is 19.2 Å². The Bertz CT molecular complexity index is 591. The van der Waals surface area contributed by atoms with Gasteiger partial charge in [-0.25, -0.2) is 0 Å². The van der Waals surface area contributed by atoms with Crippen LogP contribution in [-0.4, -0.2) is 22.5 Å². The topological polar surface area (TPSA) is 72.4 Å².